The molecular formula is C7H17N3O. The maximum absolute atomic E-state index is 10.9. The number of carbonyl (C=O) groups excluding carboxylic acids is 1. The van der Waals surface area contributed by atoms with Crippen LogP contribution in [0.15, 0.2) is 0 Å². The first-order chi connectivity index (χ1) is 5.13. The molecule has 1 fully saturated rings. The summed E-state index contributed by atoms with van der Waals surface area (Å²) in [5.74, 6) is 0. The lowest BCUT2D eigenvalue weighted by Crippen LogP contribution is -2.31. The Balaban J connectivity index is 0.000000461. The molecule has 0 radical (unpaired) electrons. The highest BCUT2D eigenvalue weighted by Crippen LogP contribution is 2.05. The SMILES string of the molecule is CC.CN1CN(C)N(C)C1=O. The van der Waals surface area contributed by atoms with E-state index in [2.05, 4.69) is 0 Å². The number of carbonyl (C=O) groups is 1. The van der Waals surface area contributed by atoms with Gasteiger partial charge in [0.2, 0.25) is 0 Å². The van der Waals surface area contributed by atoms with Crippen molar-refractivity contribution in [3.8, 4) is 0 Å². The van der Waals surface area contributed by atoms with Gasteiger partial charge in [-0.3, -0.25) is 5.01 Å². The van der Waals surface area contributed by atoms with Gasteiger partial charge in [0.25, 0.3) is 0 Å². The Hall–Kier alpha value is -0.770. The maximum atomic E-state index is 10.9. The van der Waals surface area contributed by atoms with E-state index in [0.717, 1.165) is 0 Å². The summed E-state index contributed by atoms with van der Waals surface area (Å²) in [6, 6.07) is 0.0532. The van der Waals surface area contributed by atoms with Crippen LogP contribution in [-0.2, 0) is 0 Å². The zero-order valence-corrected chi connectivity index (χ0v) is 7.96. The van der Waals surface area contributed by atoms with E-state index in [9.17, 15) is 4.79 Å². The molecule has 0 N–H and O–H groups in total. The molecule has 2 amide bonds. The van der Waals surface area contributed by atoms with Crippen LogP contribution in [0.5, 0.6) is 0 Å². The molecule has 0 saturated carbocycles. The predicted octanol–water partition coefficient (Wildman–Crippen LogP) is 0.814. The van der Waals surface area contributed by atoms with Crippen LogP contribution < -0.4 is 0 Å². The van der Waals surface area contributed by atoms with E-state index < -0.39 is 0 Å². The van der Waals surface area contributed by atoms with Crippen molar-refractivity contribution in [2.24, 2.45) is 0 Å². The molecular weight excluding hydrogens is 142 g/mol. The van der Waals surface area contributed by atoms with Crippen LogP contribution in [0.2, 0.25) is 0 Å². The van der Waals surface area contributed by atoms with Gasteiger partial charge in [0.15, 0.2) is 0 Å². The highest BCUT2D eigenvalue weighted by molar-refractivity contribution is 5.74. The lowest BCUT2D eigenvalue weighted by molar-refractivity contribution is 0.108. The second kappa shape index (κ2) is 4.18. The van der Waals surface area contributed by atoms with Crippen LogP contribution in [0, 0.1) is 0 Å². The second-order valence-corrected chi connectivity index (χ2v) is 2.30. The van der Waals surface area contributed by atoms with Crippen molar-refractivity contribution in [3.05, 3.63) is 0 Å². The number of amides is 2. The maximum Gasteiger partial charge on any atom is 0.335 e. The quantitative estimate of drug-likeness (QED) is 0.523. The average Bonchev–Trinajstić information content (AvgIpc) is 2.22. The highest BCUT2D eigenvalue weighted by Gasteiger charge is 2.26. The zero-order chi connectivity index (χ0) is 9.02. The summed E-state index contributed by atoms with van der Waals surface area (Å²) in [6.07, 6.45) is 0. The third-order valence-corrected chi connectivity index (χ3v) is 1.53. The van der Waals surface area contributed by atoms with E-state index in [-0.39, 0.29) is 6.03 Å². The van der Waals surface area contributed by atoms with E-state index in [1.54, 1.807) is 24.0 Å². The lowest BCUT2D eigenvalue weighted by Gasteiger charge is -2.14. The molecule has 0 aromatic rings. The van der Waals surface area contributed by atoms with Gasteiger partial charge in [-0.05, 0) is 0 Å². The Morgan fingerprint density at radius 1 is 1.18 bits per heavy atom. The fourth-order valence-corrected chi connectivity index (χ4v) is 0.855. The van der Waals surface area contributed by atoms with Crippen LogP contribution in [0.4, 0.5) is 4.79 Å². The van der Waals surface area contributed by atoms with Gasteiger partial charge in [-0.2, -0.15) is 0 Å². The number of urea groups is 1. The summed E-state index contributed by atoms with van der Waals surface area (Å²) in [5, 5.41) is 3.43. The number of hydrazine groups is 1. The topological polar surface area (TPSA) is 26.8 Å². The van der Waals surface area contributed by atoms with Crippen molar-refractivity contribution in [2.45, 2.75) is 13.8 Å². The molecule has 0 atom stereocenters. The molecule has 0 bridgehead atoms. The fraction of sp³-hybridized carbons (Fsp3) is 0.857. The van der Waals surface area contributed by atoms with Gasteiger partial charge >= 0.3 is 6.03 Å². The third kappa shape index (κ3) is 2.08. The Morgan fingerprint density at radius 3 is 1.73 bits per heavy atom. The van der Waals surface area contributed by atoms with E-state index in [1.165, 1.54) is 0 Å². The molecule has 1 saturated heterocycles. The molecule has 4 heteroatoms. The minimum atomic E-state index is 0.0532. The lowest BCUT2D eigenvalue weighted by atomic mass is 10.8. The van der Waals surface area contributed by atoms with Gasteiger partial charge in [-0.15, -0.1) is 0 Å². The van der Waals surface area contributed by atoms with Crippen LogP contribution >= 0.6 is 0 Å². The molecule has 0 aromatic carbocycles. The van der Waals surface area contributed by atoms with Crippen molar-refractivity contribution in [3.63, 3.8) is 0 Å². The third-order valence-electron chi connectivity index (χ3n) is 1.53. The van der Waals surface area contributed by atoms with E-state index in [4.69, 9.17) is 0 Å². The largest absolute Gasteiger partial charge is 0.335 e. The number of hydrogen-bond acceptors (Lipinski definition) is 2. The Morgan fingerprint density at radius 2 is 1.64 bits per heavy atom. The van der Waals surface area contributed by atoms with Gasteiger partial charge in [-0.1, -0.05) is 13.8 Å². The van der Waals surface area contributed by atoms with Crippen LogP contribution in [-0.4, -0.2) is 48.8 Å². The van der Waals surface area contributed by atoms with E-state index in [1.807, 2.05) is 25.9 Å². The highest BCUT2D eigenvalue weighted by atomic mass is 16.2. The Labute approximate surface area is 68.3 Å². The summed E-state index contributed by atoms with van der Waals surface area (Å²) in [6.45, 7) is 4.69. The van der Waals surface area contributed by atoms with Crippen molar-refractivity contribution in [1.29, 1.82) is 0 Å². The molecule has 0 aliphatic carbocycles. The summed E-state index contributed by atoms with van der Waals surface area (Å²) >= 11 is 0. The smallest absolute Gasteiger partial charge is 0.312 e. The average molecular weight is 159 g/mol. The fourth-order valence-electron chi connectivity index (χ4n) is 0.855. The second-order valence-electron chi connectivity index (χ2n) is 2.30. The van der Waals surface area contributed by atoms with Crippen LogP contribution in [0.3, 0.4) is 0 Å². The molecule has 1 aliphatic heterocycles. The molecule has 0 spiro atoms. The Kier molecular flexibility index (Phi) is 3.89. The molecule has 1 rings (SSSR count). The van der Waals surface area contributed by atoms with Gasteiger partial charge in [0.05, 0.1) is 6.67 Å². The van der Waals surface area contributed by atoms with Crippen molar-refractivity contribution in [2.75, 3.05) is 27.8 Å². The van der Waals surface area contributed by atoms with Crippen LogP contribution in [0.25, 0.3) is 0 Å². The monoisotopic (exact) mass is 159 g/mol. The summed E-state index contributed by atoms with van der Waals surface area (Å²) in [5.41, 5.74) is 0. The van der Waals surface area contributed by atoms with Crippen molar-refractivity contribution in [1.82, 2.24) is 14.9 Å². The Bertz CT molecular complexity index is 138. The number of rotatable bonds is 0. The molecule has 0 unspecified atom stereocenters. The normalized spacial score (nSPS) is 18.5. The van der Waals surface area contributed by atoms with Gasteiger partial charge in [-0.25, -0.2) is 9.80 Å². The standard InChI is InChI=1S/C5H11N3O.C2H6/c1-6-4-7(2)8(3)5(6)9;1-2/h4H2,1-3H3;1-2H3. The summed E-state index contributed by atoms with van der Waals surface area (Å²) in [7, 11) is 5.41. The van der Waals surface area contributed by atoms with E-state index >= 15 is 0 Å². The molecule has 66 valence electrons. The first-order valence-electron chi connectivity index (χ1n) is 3.83. The first kappa shape index (κ1) is 10.2. The first-order valence-corrected chi connectivity index (χ1v) is 3.83. The van der Waals surface area contributed by atoms with Crippen LogP contribution in [0.1, 0.15) is 13.8 Å². The van der Waals surface area contributed by atoms with Gasteiger partial charge in [0, 0.05) is 21.1 Å². The minimum absolute atomic E-state index is 0.0532. The molecule has 11 heavy (non-hydrogen) atoms. The van der Waals surface area contributed by atoms with E-state index in [0.29, 0.717) is 6.67 Å². The molecule has 4 nitrogen and oxygen atoms in total. The van der Waals surface area contributed by atoms with Crippen molar-refractivity contribution < 1.29 is 4.79 Å². The number of hydrogen-bond donors (Lipinski definition) is 0. The molecule has 1 aliphatic rings. The molecule has 1 heterocycles. The zero-order valence-electron chi connectivity index (χ0n) is 7.96. The summed E-state index contributed by atoms with van der Waals surface area (Å²) < 4.78 is 0. The van der Waals surface area contributed by atoms with Gasteiger partial charge < -0.3 is 4.90 Å². The molecule has 0 aromatic heterocycles. The number of nitrogens with zero attached hydrogens (tertiary/aromatic N) is 3. The summed E-state index contributed by atoms with van der Waals surface area (Å²) in [4.78, 5) is 12.6. The predicted molar refractivity (Wildman–Crippen MR) is 44.9 cm³/mol. The minimum Gasteiger partial charge on any atom is -0.312 e. The van der Waals surface area contributed by atoms with Crippen molar-refractivity contribution >= 4 is 6.03 Å². The van der Waals surface area contributed by atoms with Gasteiger partial charge in [0.1, 0.15) is 0 Å².